The first-order valence-electron chi connectivity index (χ1n) is 10.1. The molecule has 0 aromatic carbocycles. The van der Waals surface area contributed by atoms with Gasteiger partial charge in [0.25, 0.3) is 0 Å². The van der Waals surface area contributed by atoms with E-state index in [1.165, 1.54) is 0 Å². The third kappa shape index (κ3) is 5.54. The predicted octanol–water partition coefficient (Wildman–Crippen LogP) is 1.41. The van der Waals surface area contributed by atoms with E-state index in [-0.39, 0.29) is 9.13 Å². The fraction of sp³-hybridized carbons (Fsp3) is 0.611. The first-order valence-corrected chi connectivity index (χ1v) is 10.1. The highest BCUT2D eigenvalue weighted by molar-refractivity contribution is 5.78. The normalized spacial score (nSPS) is 23.2. The number of carbonyl (C=O) groups is 2. The number of ether oxygens (including phenoxy) is 4. The van der Waals surface area contributed by atoms with Gasteiger partial charge in [0.05, 0.1) is 7.11 Å². The Labute approximate surface area is 201 Å². The molecule has 4 unspecified atom stereocenters. The molecule has 1 aliphatic rings. The lowest BCUT2D eigenvalue weighted by Gasteiger charge is -2.26. The van der Waals surface area contributed by atoms with Gasteiger partial charge in [-0.25, -0.2) is 13.8 Å². The van der Waals surface area contributed by atoms with Gasteiger partial charge in [0.1, 0.15) is 12.6 Å². The number of esters is 2. The topological polar surface area (TPSA) is 150 Å². The van der Waals surface area contributed by atoms with E-state index in [0.717, 1.165) is 14.0 Å². The van der Waals surface area contributed by atoms with Crippen molar-refractivity contribution in [1.29, 1.82) is 0 Å². The number of fused-ring (bicyclic) bond motifs is 1. The maximum atomic E-state index is 15.3. The van der Waals surface area contributed by atoms with Gasteiger partial charge in [-0.05, 0) is 0 Å². The SMILES string of the molecule is COc1nc(N)nc2c1n(CC(F)(F)F)c(=O)n2C1OC([C@@H](OC(C)=O)C(F)(F)F)C(F)C1OC(C)=O. The van der Waals surface area contributed by atoms with E-state index >= 15 is 4.39 Å². The molecule has 2 aromatic heterocycles. The summed E-state index contributed by atoms with van der Waals surface area (Å²) in [6.07, 6.45) is -23.9. The van der Waals surface area contributed by atoms with E-state index < -0.39 is 90.2 Å². The van der Waals surface area contributed by atoms with E-state index in [1.54, 1.807) is 0 Å². The van der Waals surface area contributed by atoms with Crippen molar-refractivity contribution in [3.8, 4) is 5.88 Å². The second-order valence-corrected chi connectivity index (χ2v) is 7.70. The van der Waals surface area contributed by atoms with Crippen LogP contribution in [0.15, 0.2) is 4.79 Å². The summed E-state index contributed by atoms with van der Waals surface area (Å²) in [5, 5.41) is 0. The molecule has 3 rings (SSSR count). The summed E-state index contributed by atoms with van der Waals surface area (Å²) >= 11 is 0. The number of methoxy groups -OCH3 is 1. The average Bonchev–Trinajstić information content (AvgIpc) is 3.17. The van der Waals surface area contributed by atoms with Gasteiger partial charge in [0.2, 0.25) is 17.9 Å². The van der Waals surface area contributed by atoms with Crippen LogP contribution in [0, 0.1) is 0 Å². The monoisotopic (exact) mass is 549 g/mol. The number of nitrogens with two attached hydrogens (primary N) is 1. The number of nitrogens with zero attached hydrogens (tertiary/aromatic N) is 4. The molecule has 0 spiro atoms. The van der Waals surface area contributed by atoms with Crippen LogP contribution in [0.1, 0.15) is 20.1 Å². The first kappa shape index (κ1) is 27.9. The maximum absolute atomic E-state index is 15.3. The summed E-state index contributed by atoms with van der Waals surface area (Å²) in [5.74, 6) is -4.00. The van der Waals surface area contributed by atoms with E-state index in [9.17, 15) is 40.7 Å². The summed E-state index contributed by atoms with van der Waals surface area (Å²) in [6.45, 7) is -0.600. The molecule has 0 bridgehead atoms. The standard InChI is InChI=1S/C18H18F7N5O7/c1-5(31)35-10-7(19)9(11(18(23,24)25)36-6(2)32)37-14(10)30-12-8(13(34-3)28-15(26)27-12)29(16(30)33)4-17(20,21)22/h7,9-11,14H,4H2,1-3H3,(H2,26,27,28)/t7?,9?,10?,11-,14?/m1/s1. The second kappa shape index (κ2) is 9.67. The van der Waals surface area contributed by atoms with Crippen LogP contribution in [0.25, 0.3) is 11.2 Å². The number of rotatable bonds is 6. The molecule has 1 fully saturated rings. The summed E-state index contributed by atoms with van der Waals surface area (Å²) < 4.78 is 115. The van der Waals surface area contributed by atoms with Gasteiger partial charge in [-0.1, -0.05) is 0 Å². The molecule has 19 heteroatoms. The zero-order valence-electron chi connectivity index (χ0n) is 19.0. The van der Waals surface area contributed by atoms with Crippen molar-refractivity contribution in [2.75, 3.05) is 12.8 Å². The maximum Gasteiger partial charge on any atom is 0.428 e. The second-order valence-electron chi connectivity index (χ2n) is 7.70. The molecule has 0 aliphatic carbocycles. The van der Waals surface area contributed by atoms with Crippen LogP contribution < -0.4 is 16.2 Å². The molecule has 1 aliphatic heterocycles. The van der Waals surface area contributed by atoms with Crippen molar-refractivity contribution in [1.82, 2.24) is 19.1 Å². The van der Waals surface area contributed by atoms with Crippen LogP contribution in [0.4, 0.5) is 36.7 Å². The first-order chi connectivity index (χ1) is 17.0. The minimum absolute atomic E-state index is 0.0513. The largest absolute Gasteiger partial charge is 0.479 e. The Morgan fingerprint density at radius 2 is 1.76 bits per heavy atom. The van der Waals surface area contributed by atoms with Gasteiger partial charge < -0.3 is 24.7 Å². The molecule has 2 aromatic rings. The van der Waals surface area contributed by atoms with Crippen molar-refractivity contribution < 1.29 is 59.3 Å². The van der Waals surface area contributed by atoms with E-state index in [1.807, 2.05) is 0 Å². The lowest BCUT2D eigenvalue weighted by atomic mass is 10.1. The number of hydrogen-bond acceptors (Lipinski definition) is 10. The zero-order valence-corrected chi connectivity index (χ0v) is 19.0. The number of aromatic nitrogens is 4. The van der Waals surface area contributed by atoms with E-state index in [0.29, 0.717) is 6.92 Å². The number of alkyl halides is 7. The van der Waals surface area contributed by atoms with Crippen molar-refractivity contribution in [3.63, 3.8) is 0 Å². The summed E-state index contributed by atoms with van der Waals surface area (Å²) in [7, 11) is 0.968. The lowest BCUT2D eigenvalue weighted by molar-refractivity contribution is -0.252. The molecule has 1 saturated heterocycles. The minimum atomic E-state index is -5.40. The Morgan fingerprint density at radius 1 is 1.14 bits per heavy atom. The third-order valence-corrected chi connectivity index (χ3v) is 4.99. The highest BCUT2D eigenvalue weighted by atomic mass is 19.4. The van der Waals surface area contributed by atoms with Crippen LogP contribution >= 0.6 is 0 Å². The molecule has 206 valence electrons. The number of anilines is 1. The quantitative estimate of drug-likeness (QED) is 0.414. The molecule has 5 atom stereocenters. The molecule has 37 heavy (non-hydrogen) atoms. The summed E-state index contributed by atoms with van der Waals surface area (Å²) in [6, 6.07) is 0. The number of halogens is 7. The smallest absolute Gasteiger partial charge is 0.428 e. The molecular weight excluding hydrogens is 531 g/mol. The van der Waals surface area contributed by atoms with Crippen LogP contribution in [-0.4, -0.2) is 75.0 Å². The third-order valence-electron chi connectivity index (χ3n) is 4.99. The average molecular weight is 549 g/mol. The van der Waals surface area contributed by atoms with Crippen LogP contribution in [0.3, 0.4) is 0 Å². The van der Waals surface area contributed by atoms with Crippen molar-refractivity contribution >= 4 is 29.1 Å². The Morgan fingerprint density at radius 3 is 2.24 bits per heavy atom. The van der Waals surface area contributed by atoms with Crippen molar-refractivity contribution in [3.05, 3.63) is 10.5 Å². The van der Waals surface area contributed by atoms with Crippen molar-refractivity contribution in [2.45, 2.75) is 63.5 Å². The van der Waals surface area contributed by atoms with Crippen LogP contribution in [-0.2, 0) is 30.3 Å². The minimum Gasteiger partial charge on any atom is -0.479 e. The molecular formula is C18H18F7N5O7. The Kier molecular flexibility index (Phi) is 7.30. The fourth-order valence-electron chi connectivity index (χ4n) is 3.77. The molecule has 2 N–H and O–H groups in total. The predicted molar refractivity (Wildman–Crippen MR) is 105 cm³/mol. The van der Waals surface area contributed by atoms with Gasteiger partial charge in [0.15, 0.2) is 29.7 Å². The Balaban J connectivity index is 2.29. The van der Waals surface area contributed by atoms with Gasteiger partial charge >= 0.3 is 30.0 Å². The van der Waals surface area contributed by atoms with E-state index in [4.69, 9.17) is 19.9 Å². The molecule has 0 radical (unpaired) electrons. The van der Waals surface area contributed by atoms with Crippen molar-refractivity contribution in [2.24, 2.45) is 0 Å². The van der Waals surface area contributed by atoms with E-state index in [2.05, 4.69) is 14.7 Å². The lowest BCUT2D eigenvalue weighted by Crippen LogP contribution is -2.47. The summed E-state index contributed by atoms with van der Waals surface area (Å²) in [5.41, 5.74) is 2.44. The van der Waals surface area contributed by atoms with Gasteiger partial charge in [0, 0.05) is 13.8 Å². The summed E-state index contributed by atoms with van der Waals surface area (Å²) in [4.78, 5) is 43.2. The fourth-order valence-corrected chi connectivity index (χ4v) is 3.77. The highest BCUT2D eigenvalue weighted by Gasteiger charge is 2.60. The Bertz CT molecular complexity index is 1260. The zero-order chi connectivity index (χ0) is 28.0. The van der Waals surface area contributed by atoms with Crippen LogP contribution in [0.5, 0.6) is 5.88 Å². The number of nitrogen functional groups attached to an aromatic ring is 1. The number of hydrogen-bond donors (Lipinski definition) is 1. The number of carbonyl (C=O) groups excluding carboxylic acids is 2. The van der Waals surface area contributed by atoms with Gasteiger partial charge in [-0.2, -0.15) is 36.3 Å². The molecule has 0 amide bonds. The number of imidazole rings is 1. The molecule has 0 saturated carbocycles. The Hall–Kier alpha value is -3.64. The molecule has 12 nitrogen and oxygen atoms in total. The van der Waals surface area contributed by atoms with Gasteiger partial charge in [-0.15, -0.1) is 0 Å². The van der Waals surface area contributed by atoms with Crippen LogP contribution in [0.2, 0.25) is 0 Å². The highest BCUT2D eigenvalue weighted by Crippen LogP contribution is 2.41. The van der Waals surface area contributed by atoms with Gasteiger partial charge in [-0.3, -0.25) is 14.2 Å². The molecule has 3 heterocycles.